The third-order valence-electron chi connectivity index (χ3n) is 3.96. The normalized spacial score (nSPS) is 24.4. The second kappa shape index (κ2) is 7.14. The van der Waals surface area contributed by atoms with E-state index in [-0.39, 0.29) is 11.8 Å². The average Bonchev–Trinajstić information content (AvgIpc) is 2.84. The molecule has 1 amide bonds. The highest BCUT2D eigenvalue weighted by Gasteiger charge is 2.44. The van der Waals surface area contributed by atoms with E-state index in [2.05, 4.69) is 10.6 Å². The van der Waals surface area contributed by atoms with Gasteiger partial charge in [0.1, 0.15) is 6.04 Å². The minimum atomic E-state index is -0.952. The first-order chi connectivity index (χ1) is 8.94. The number of hydrogen-bond acceptors (Lipinski definition) is 4. The maximum Gasteiger partial charge on any atom is 0.326 e. The summed E-state index contributed by atoms with van der Waals surface area (Å²) in [6.07, 6.45) is 3.16. The Morgan fingerprint density at radius 1 is 1.47 bits per heavy atom. The van der Waals surface area contributed by atoms with Crippen molar-refractivity contribution in [3.05, 3.63) is 0 Å². The number of carboxylic acids is 1. The molecule has 1 saturated heterocycles. The van der Waals surface area contributed by atoms with E-state index in [1.807, 2.05) is 20.1 Å². The first kappa shape index (κ1) is 16.3. The van der Waals surface area contributed by atoms with Gasteiger partial charge in [0.05, 0.1) is 5.41 Å². The minimum absolute atomic E-state index is 0.124. The Morgan fingerprint density at radius 2 is 2.16 bits per heavy atom. The van der Waals surface area contributed by atoms with Crippen molar-refractivity contribution in [3.63, 3.8) is 0 Å². The molecule has 1 aliphatic rings. The van der Waals surface area contributed by atoms with Crippen LogP contribution in [-0.4, -0.2) is 48.1 Å². The second-order valence-corrected chi connectivity index (χ2v) is 6.37. The fraction of sp³-hybridized carbons (Fsp3) is 0.846. The molecule has 5 nitrogen and oxygen atoms in total. The predicted molar refractivity (Wildman–Crippen MR) is 77.3 cm³/mol. The summed E-state index contributed by atoms with van der Waals surface area (Å²) in [5, 5.41) is 15.1. The summed E-state index contributed by atoms with van der Waals surface area (Å²) in [5.74, 6) is -0.157. The van der Waals surface area contributed by atoms with Crippen molar-refractivity contribution >= 4 is 23.6 Å². The molecule has 0 saturated carbocycles. The van der Waals surface area contributed by atoms with Crippen molar-refractivity contribution in [1.29, 1.82) is 0 Å². The monoisotopic (exact) mass is 288 g/mol. The highest BCUT2D eigenvalue weighted by Crippen LogP contribution is 2.34. The lowest BCUT2D eigenvalue weighted by atomic mass is 9.75. The van der Waals surface area contributed by atoms with Crippen molar-refractivity contribution in [2.75, 3.05) is 25.1 Å². The number of hydrogen-bond donors (Lipinski definition) is 3. The molecule has 2 atom stereocenters. The van der Waals surface area contributed by atoms with Crippen LogP contribution in [0, 0.1) is 11.3 Å². The molecule has 110 valence electrons. The molecule has 3 N–H and O–H groups in total. The highest BCUT2D eigenvalue weighted by atomic mass is 32.2. The lowest BCUT2D eigenvalue weighted by Gasteiger charge is -2.32. The van der Waals surface area contributed by atoms with Crippen molar-refractivity contribution in [1.82, 2.24) is 10.6 Å². The smallest absolute Gasteiger partial charge is 0.326 e. The van der Waals surface area contributed by atoms with E-state index in [0.29, 0.717) is 13.0 Å². The van der Waals surface area contributed by atoms with Crippen LogP contribution in [0.15, 0.2) is 0 Å². The Balaban J connectivity index is 2.72. The largest absolute Gasteiger partial charge is 0.480 e. The molecule has 0 radical (unpaired) electrons. The van der Waals surface area contributed by atoms with Gasteiger partial charge in [0.2, 0.25) is 5.91 Å². The molecular formula is C13H24N2O3S. The number of carbonyl (C=O) groups is 2. The maximum absolute atomic E-state index is 12.5. The summed E-state index contributed by atoms with van der Waals surface area (Å²) in [6.45, 7) is 5.48. The summed E-state index contributed by atoms with van der Waals surface area (Å²) in [7, 11) is 0. The van der Waals surface area contributed by atoms with Gasteiger partial charge in [0.25, 0.3) is 0 Å². The van der Waals surface area contributed by atoms with Gasteiger partial charge in [-0.3, -0.25) is 4.79 Å². The number of thioether (sulfide) groups is 1. The topological polar surface area (TPSA) is 78.4 Å². The van der Waals surface area contributed by atoms with E-state index in [1.165, 1.54) is 0 Å². The second-order valence-electron chi connectivity index (χ2n) is 5.38. The third-order valence-corrected chi connectivity index (χ3v) is 4.60. The summed E-state index contributed by atoms with van der Waals surface area (Å²) < 4.78 is 0. The maximum atomic E-state index is 12.5. The number of aliphatic carboxylic acids is 1. The van der Waals surface area contributed by atoms with Crippen molar-refractivity contribution in [2.24, 2.45) is 11.3 Å². The zero-order valence-electron chi connectivity index (χ0n) is 11.9. The predicted octanol–water partition coefficient (Wildman–Crippen LogP) is 0.945. The summed E-state index contributed by atoms with van der Waals surface area (Å²) in [4.78, 5) is 23.7. The van der Waals surface area contributed by atoms with Crippen molar-refractivity contribution in [3.8, 4) is 0 Å². The third kappa shape index (κ3) is 3.86. The average molecular weight is 288 g/mol. The Bertz CT molecular complexity index is 328. The molecule has 0 aliphatic carbocycles. The lowest BCUT2D eigenvalue weighted by Crippen LogP contribution is -2.51. The molecule has 1 heterocycles. The zero-order valence-corrected chi connectivity index (χ0v) is 12.7. The van der Waals surface area contributed by atoms with Gasteiger partial charge in [0.15, 0.2) is 0 Å². The van der Waals surface area contributed by atoms with Crippen LogP contribution in [0.1, 0.15) is 26.7 Å². The molecule has 19 heavy (non-hydrogen) atoms. The fourth-order valence-electron chi connectivity index (χ4n) is 2.46. The van der Waals surface area contributed by atoms with Gasteiger partial charge in [-0.05, 0) is 37.3 Å². The molecular weight excluding hydrogens is 264 g/mol. The molecule has 2 unspecified atom stereocenters. The Morgan fingerprint density at radius 3 is 2.58 bits per heavy atom. The molecule has 1 aliphatic heterocycles. The molecule has 0 bridgehead atoms. The van der Waals surface area contributed by atoms with E-state index in [9.17, 15) is 14.7 Å². The standard InChI is InChI=1S/C13H24N2O3S/c1-9(2)13(5-6-14-8-13)12(18)15-10(11(16)17)4-7-19-3/h9-10,14H,4-8H2,1-3H3,(H,15,18)(H,16,17). The molecule has 1 fully saturated rings. The van der Waals surface area contributed by atoms with Gasteiger partial charge in [-0.15, -0.1) is 0 Å². The Hall–Kier alpha value is -0.750. The number of rotatable bonds is 7. The van der Waals surface area contributed by atoms with Crippen LogP contribution < -0.4 is 10.6 Å². The van der Waals surface area contributed by atoms with Gasteiger partial charge < -0.3 is 15.7 Å². The lowest BCUT2D eigenvalue weighted by molar-refractivity contribution is -0.144. The SMILES string of the molecule is CSCCC(NC(=O)C1(C(C)C)CCNC1)C(=O)O. The number of carbonyl (C=O) groups excluding carboxylic acids is 1. The highest BCUT2D eigenvalue weighted by molar-refractivity contribution is 7.98. The van der Waals surface area contributed by atoms with Gasteiger partial charge in [-0.2, -0.15) is 11.8 Å². The van der Waals surface area contributed by atoms with Crippen LogP contribution in [0.5, 0.6) is 0 Å². The molecule has 0 aromatic carbocycles. The summed E-state index contributed by atoms with van der Waals surface area (Å²) >= 11 is 1.59. The van der Waals surface area contributed by atoms with Crippen LogP contribution in [0.25, 0.3) is 0 Å². The van der Waals surface area contributed by atoms with Crippen LogP contribution in [0.4, 0.5) is 0 Å². The summed E-state index contributed by atoms with van der Waals surface area (Å²) in [5.41, 5.74) is -0.465. The van der Waals surface area contributed by atoms with Crippen molar-refractivity contribution < 1.29 is 14.7 Å². The van der Waals surface area contributed by atoms with Gasteiger partial charge >= 0.3 is 5.97 Å². The molecule has 6 heteroatoms. The van der Waals surface area contributed by atoms with Gasteiger partial charge in [-0.1, -0.05) is 13.8 Å². The number of nitrogens with one attached hydrogen (secondary N) is 2. The molecule has 0 aromatic heterocycles. The van der Waals surface area contributed by atoms with Gasteiger partial charge in [-0.25, -0.2) is 4.79 Å². The van der Waals surface area contributed by atoms with E-state index >= 15 is 0 Å². The Kier molecular flexibility index (Phi) is 6.13. The van der Waals surface area contributed by atoms with Crippen LogP contribution in [-0.2, 0) is 9.59 Å². The number of amides is 1. The minimum Gasteiger partial charge on any atom is -0.480 e. The summed E-state index contributed by atoms with van der Waals surface area (Å²) in [6, 6.07) is -0.781. The first-order valence-corrected chi connectivity index (χ1v) is 8.07. The van der Waals surface area contributed by atoms with E-state index in [1.54, 1.807) is 11.8 Å². The fourth-order valence-corrected chi connectivity index (χ4v) is 2.93. The number of carboxylic acid groups (broad SMARTS) is 1. The van der Waals surface area contributed by atoms with Crippen LogP contribution in [0.2, 0.25) is 0 Å². The Labute approximate surface area is 118 Å². The first-order valence-electron chi connectivity index (χ1n) is 6.67. The molecule has 0 aromatic rings. The van der Waals surface area contributed by atoms with Crippen LogP contribution >= 0.6 is 11.8 Å². The van der Waals surface area contributed by atoms with E-state index < -0.39 is 17.4 Å². The zero-order chi connectivity index (χ0) is 14.5. The van der Waals surface area contributed by atoms with E-state index in [0.717, 1.165) is 18.7 Å². The molecule has 1 rings (SSSR count). The quantitative estimate of drug-likeness (QED) is 0.650. The van der Waals surface area contributed by atoms with Crippen LogP contribution in [0.3, 0.4) is 0 Å². The van der Waals surface area contributed by atoms with E-state index in [4.69, 9.17) is 0 Å². The van der Waals surface area contributed by atoms with Crippen molar-refractivity contribution in [2.45, 2.75) is 32.7 Å². The van der Waals surface area contributed by atoms with Gasteiger partial charge in [0, 0.05) is 6.54 Å². The molecule has 0 spiro atoms.